The van der Waals surface area contributed by atoms with E-state index in [1.165, 1.54) is 0 Å². The van der Waals surface area contributed by atoms with E-state index < -0.39 is 17.6 Å². The molecule has 0 aromatic carbocycles. The van der Waals surface area contributed by atoms with Crippen LogP contribution in [-0.2, 0) is 4.79 Å². The summed E-state index contributed by atoms with van der Waals surface area (Å²) in [5, 5.41) is 22.4. The van der Waals surface area contributed by atoms with Gasteiger partial charge in [0.15, 0.2) is 0 Å². The van der Waals surface area contributed by atoms with Crippen molar-refractivity contribution >= 4 is 5.78 Å². The van der Waals surface area contributed by atoms with E-state index >= 15 is 0 Å². The van der Waals surface area contributed by atoms with E-state index in [4.69, 9.17) is 0 Å². The Morgan fingerprint density at radius 1 is 1.21 bits per heavy atom. The quantitative estimate of drug-likeness (QED) is 0.718. The molecule has 3 bridgehead atoms. The molecule has 2 unspecified atom stereocenters. The number of fused-ring (bicyclic) bond motifs is 2. The molecule has 0 aromatic heterocycles. The number of carbonyl (C=O) groups is 1. The van der Waals surface area contributed by atoms with Gasteiger partial charge in [-0.3, -0.25) is 4.79 Å². The lowest BCUT2D eigenvalue weighted by Gasteiger charge is -2.55. The fourth-order valence-corrected chi connectivity index (χ4v) is 6.19. The van der Waals surface area contributed by atoms with Crippen LogP contribution in [0, 0.1) is 34.0 Å². The predicted molar refractivity (Wildman–Crippen MR) is 95.4 cm³/mol. The summed E-state index contributed by atoms with van der Waals surface area (Å²) in [6.45, 7) is 12.6. The molecule has 3 aliphatic carbocycles. The van der Waals surface area contributed by atoms with Gasteiger partial charge in [0, 0.05) is 17.8 Å². The summed E-state index contributed by atoms with van der Waals surface area (Å²) >= 11 is 0. The first-order valence-corrected chi connectivity index (χ1v) is 9.60. The van der Waals surface area contributed by atoms with E-state index in [2.05, 4.69) is 27.4 Å². The smallest absolute Gasteiger partial charge is 0.136 e. The summed E-state index contributed by atoms with van der Waals surface area (Å²) in [6, 6.07) is 0. The van der Waals surface area contributed by atoms with Gasteiger partial charge in [-0.25, -0.2) is 0 Å². The summed E-state index contributed by atoms with van der Waals surface area (Å²) in [6.07, 6.45) is 5.51. The molecule has 136 valence electrons. The molecule has 0 amide bonds. The van der Waals surface area contributed by atoms with Crippen LogP contribution in [0.3, 0.4) is 0 Å². The number of hydrogen-bond acceptors (Lipinski definition) is 3. The van der Waals surface area contributed by atoms with E-state index in [9.17, 15) is 15.0 Å². The van der Waals surface area contributed by atoms with Gasteiger partial charge in [-0.1, -0.05) is 33.8 Å². The Balaban J connectivity index is 2.15. The fourth-order valence-electron chi connectivity index (χ4n) is 6.19. The van der Waals surface area contributed by atoms with Crippen LogP contribution in [-0.4, -0.2) is 28.2 Å². The molecular formula is C21H34O3. The molecule has 3 saturated carbocycles. The summed E-state index contributed by atoms with van der Waals surface area (Å²) in [5.41, 5.74) is -0.754. The lowest BCUT2D eigenvalue weighted by atomic mass is 9.51. The summed E-state index contributed by atoms with van der Waals surface area (Å²) in [4.78, 5) is 12.5. The van der Waals surface area contributed by atoms with Crippen molar-refractivity contribution in [3.05, 3.63) is 12.7 Å². The monoisotopic (exact) mass is 334 g/mol. The highest BCUT2D eigenvalue weighted by Gasteiger charge is 2.59. The van der Waals surface area contributed by atoms with Gasteiger partial charge in [0.2, 0.25) is 0 Å². The second-order valence-electron chi connectivity index (χ2n) is 9.71. The number of rotatable bonds is 1. The maximum absolute atomic E-state index is 12.5. The summed E-state index contributed by atoms with van der Waals surface area (Å²) < 4.78 is 0. The second-order valence-corrected chi connectivity index (χ2v) is 9.71. The lowest BCUT2D eigenvalue weighted by Crippen LogP contribution is -2.54. The number of ketones is 1. The van der Waals surface area contributed by atoms with Gasteiger partial charge in [-0.05, 0) is 54.8 Å². The number of aliphatic hydroxyl groups excluding tert-OH is 2. The summed E-state index contributed by atoms with van der Waals surface area (Å²) in [7, 11) is 0. The van der Waals surface area contributed by atoms with Crippen LogP contribution in [0.2, 0.25) is 0 Å². The Kier molecular flexibility index (Phi) is 4.28. The van der Waals surface area contributed by atoms with E-state index in [0.717, 1.165) is 25.7 Å². The highest BCUT2D eigenvalue weighted by atomic mass is 16.3. The zero-order valence-corrected chi connectivity index (χ0v) is 15.7. The largest absolute Gasteiger partial charge is 0.393 e. The first-order valence-electron chi connectivity index (χ1n) is 9.60. The van der Waals surface area contributed by atoms with Crippen molar-refractivity contribution in [1.82, 2.24) is 0 Å². The minimum absolute atomic E-state index is 0.0524. The van der Waals surface area contributed by atoms with Gasteiger partial charge < -0.3 is 10.2 Å². The maximum Gasteiger partial charge on any atom is 0.136 e. The normalized spacial score (nSPS) is 55.2. The molecule has 0 radical (unpaired) electrons. The van der Waals surface area contributed by atoms with Crippen LogP contribution < -0.4 is 0 Å². The Labute approximate surface area is 146 Å². The zero-order valence-electron chi connectivity index (χ0n) is 15.7. The second kappa shape index (κ2) is 5.67. The molecule has 3 heteroatoms. The first-order chi connectivity index (χ1) is 11.1. The molecule has 0 aromatic rings. The molecule has 3 fully saturated rings. The third kappa shape index (κ3) is 2.42. The van der Waals surface area contributed by atoms with Crippen LogP contribution >= 0.6 is 0 Å². The maximum atomic E-state index is 12.5. The molecule has 24 heavy (non-hydrogen) atoms. The molecule has 1 spiro atoms. The van der Waals surface area contributed by atoms with Gasteiger partial charge in [0.1, 0.15) is 5.78 Å². The molecular weight excluding hydrogens is 300 g/mol. The van der Waals surface area contributed by atoms with Crippen molar-refractivity contribution in [3.8, 4) is 0 Å². The average molecular weight is 334 g/mol. The number of carbonyl (C=O) groups excluding carboxylic acids is 1. The highest BCUT2D eigenvalue weighted by molar-refractivity contribution is 5.82. The molecule has 3 rings (SSSR count). The van der Waals surface area contributed by atoms with Gasteiger partial charge in [0.25, 0.3) is 0 Å². The fraction of sp³-hybridized carbons (Fsp3) is 0.857. The molecule has 3 aliphatic rings. The number of aliphatic hydroxyl groups is 2. The Morgan fingerprint density at radius 2 is 1.88 bits per heavy atom. The molecule has 8 atom stereocenters. The molecule has 2 N–H and O–H groups in total. The highest BCUT2D eigenvalue weighted by Crippen LogP contribution is 2.62. The number of Topliss-reactive ketones (excluding diaryl/α,β-unsaturated/α-hetero) is 1. The SMILES string of the molecule is C=C[C@]1(C)C[C@@H](O)[C@@]2(C)CC3(CCC(=O)C(C[C@H]2C)C3)[C@@H](C)[C@@H]1O. The van der Waals surface area contributed by atoms with Crippen LogP contribution in [0.15, 0.2) is 12.7 Å². The standard InChI is InChI=1S/C21H34O3/c1-6-19(4)11-17(23)20(5)12-21(14(3)18(19)24)8-7-16(22)15(10-21)9-13(20)2/h6,13-15,17-18,23-24H,1,7-12H2,2-5H3/t13-,14+,15?,17-,18+,19-,20+,21?/m1/s1. The molecule has 3 nitrogen and oxygen atoms in total. The van der Waals surface area contributed by atoms with Crippen molar-refractivity contribution in [2.24, 2.45) is 34.0 Å². The minimum atomic E-state index is -0.531. The van der Waals surface area contributed by atoms with Crippen LogP contribution in [0.5, 0.6) is 0 Å². The first kappa shape index (κ1) is 18.1. The van der Waals surface area contributed by atoms with E-state index in [-0.39, 0.29) is 22.7 Å². The van der Waals surface area contributed by atoms with E-state index in [0.29, 0.717) is 24.5 Å². The average Bonchev–Trinajstić information content (AvgIpc) is 2.64. The molecule has 0 aliphatic heterocycles. The third-order valence-corrected chi connectivity index (χ3v) is 8.45. The van der Waals surface area contributed by atoms with Gasteiger partial charge in [0.05, 0.1) is 12.2 Å². The predicted octanol–water partition coefficient (Wildman–Crippen LogP) is 3.73. The van der Waals surface area contributed by atoms with E-state index in [1.807, 2.05) is 13.0 Å². The topological polar surface area (TPSA) is 57.5 Å². The minimum Gasteiger partial charge on any atom is -0.393 e. The Morgan fingerprint density at radius 3 is 2.50 bits per heavy atom. The van der Waals surface area contributed by atoms with Gasteiger partial charge >= 0.3 is 0 Å². The summed E-state index contributed by atoms with van der Waals surface area (Å²) in [5.74, 6) is 0.903. The molecule has 0 saturated heterocycles. The van der Waals surface area contributed by atoms with Crippen molar-refractivity contribution < 1.29 is 15.0 Å². The van der Waals surface area contributed by atoms with Crippen molar-refractivity contribution in [3.63, 3.8) is 0 Å². The molecule has 0 heterocycles. The zero-order chi connectivity index (χ0) is 17.9. The van der Waals surface area contributed by atoms with Crippen LogP contribution in [0.25, 0.3) is 0 Å². The third-order valence-electron chi connectivity index (χ3n) is 8.45. The van der Waals surface area contributed by atoms with Crippen molar-refractivity contribution in [2.45, 2.75) is 78.4 Å². The lowest BCUT2D eigenvalue weighted by molar-refractivity contribution is -0.143. The van der Waals surface area contributed by atoms with Crippen molar-refractivity contribution in [2.75, 3.05) is 0 Å². The van der Waals surface area contributed by atoms with Gasteiger partial charge in [-0.2, -0.15) is 0 Å². The van der Waals surface area contributed by atoms with Crippen molar-refractivity contribution in [1.29, 1.82) is 0 Å². The van der Waals surface area contributed by atoms with Crippen LogP contribution in [0.4, 0.5) is 0 Å². The van der Waals surface area contributed by atoms with Gasteiger partial charge in [-0.15, -0.1) is 6.58 Å². The van der Waals surface area contributed by atoms with E-state index in [1.54, 1.807) is 0 Å². The van der Waals surface area contributed by atoms with Crippen LogP contribution in [0.1, 0.15) is 66.2 Å². The number of hydrogen-bond donors (Lipinski definition) is 2. The Bertz CT molecular complexity index is 543. The Hall–Kier alpha value is -0.670.